The van der Waals surface area contributed by atoms with Crippen LogP contribution in [0.3, 0.4) is 0 Å². The van der Waals surface area contributed by atoms with Crippen LogP contribution in [0.2, 0.25) is 0 Å². The Morgan fingerprint density at radius 1 is 0.706 bits per heavy atom. The number of aromatic nitrogens is 4. The predicted octanol–water partition coefficient (Wildman–Crippen LogP) is 6.41. The molecule has 0 spiro atoms. The Hall–Kier alpha value is -2.27. The molecule has 3 aromatic rings. The molecule has 2 aromatic heterocycles. The van der Waals surface area contributed by atoms with E-state index in [9.17, 15) is 0 Å². The minimum absolute atomic E-state index is 0.488. The first-order valence-corrected chi connectivity index (χ1v) is 13.8. The number of fused-ring (bicyclic) bond motifs is 5. The van der Waals surface area contributed by atoms with Gasteiger partial charge in [0.15, 0.2) is 5.82 Å². The first-order valence-electron chi connectivity index (χ1n) is 13.8. The monoisotopic (exact) mass is 455 g/mol. The maximum Gasteiger partial charge on any atom is 0.161 e. The zero-order valence-electron chi connectivity index (χ0n) is 20.2. The molecule has 178 valence electrons. The van der Waals surface area contributed by atoms with Crippen LogP contribution in [0.25, 0.3) is 22.6 Å². The Labute approximate surface area is 203 Å². The predicted molar refractivity (Wildman–Crippen MR) is 135 cm³/mol. The SMILES string of the molecule is c1ccc2c(c1)nc(-c1cnccn1)n2[C@@H]1C[C@H]2CCC[C@@H](C1)N2[C@H]1C[C@@H]2CCCC[C@@H](C2)C1. The van der Waals surface area contributed by atoms with E-state index in [2.05, 4.69) is 43.7 Å². The number of benzene rings is 1. The molecule has 4 heterocycles. The van der Waals surface area contributed by atoms with Crippen molar-refractivity contribution in [1.82, 2.24) is 24.4 Å². The largest absolute Gasteiger partial charge is 0.319 e. The number of hydrogen-bond donors (Lipinski definition) is 0. The minimum atomic E-state index is 0.488. The first-order chi connectivity index (χ1) is 16.8. The molecule has 2 saturated heterocycles. The highest BCUT2D eigenvalue weighted by Crippen LogP contribution is 2.47. The van der Waals surface area contributed by atoms with Gasteiger partial charge in [-0.3, -0.25) is 9.88 Å². The van der Waals surface area contributed by atoms with Gasteiger partial charge < -0.3 is 4.57 Å². The van der Waals surface area contributed by atoms with Crippen molar-refractivity contribution in [3.8, 4) is 11.5 Å². The summed E-state index contributed by atoms with van der Waals surface area (Å²) in [6.07, 6.45) is 22.4. The Morgan fingerprint density at radius 3 is 2.21 bits per heavy atom. The summed E-state index contributed by atoms with van der Waals surface area (Å²) in [5.41, 5.74) is 3.22. The lowest BCUT2D eigenvalue weighted by molar-refractivity contribution is -0.0415. The molecule has 4 aliphatic rings. The van der Waals surface area contributed by atoms with Crippen molar-refractivity contribution in [2.75, 3.05) is 0 Å². The van der Waals surface area contributed by atoms with Gasteiger partial charge in [-0.15, -0.1) is 0 Å². The first kappa shape index (κ1) is 21.0. The van der Waals surface area contributed by atoms with Crippen molar-refractivity contribution in [2.45, 2.75) is 101 Å². The van der Waals surface area contributed by atoms with Crippen molar-refractivity contribution >= 4 is 11.0 Å². The van der Waals surface area contributed by atoms with Crippen LogP contribution in [0.1, 0.15) is 83.1 Å². The van der Waals surface area contributed by atoms with Gasteiger partial charge >= 0.3 is 0 Å². The molecular formula is C29H37N5. The number of hydrogen-bond acceptors (Lipinski definition) is 4. The average Bonchev–Trinajstić information content (AvgIpc) is 3.17. The molecule has 4 bridgehead atoms. The minimum Gasteiger partial charge on any atom is -0.319 e. The fourth-order valence-corrected chi connectivity index (χ4v) is 8.32. The van der Waals surface area contributed by atoms with E-state index in [-0.39, 0.29) is 0 Å². The fourth-order valence-electron chi connectivity index (χ4n) is 8.32. The van der Waals surface area contributed by atoms with Crippen LogP contribution in [0.15, 0.2) is 42.9 Å². The molecule has 0 unspecified atom stereocenters. The molecule has 5 heteroatoms. The maximum atomic E-state index is 5.06. The van der Waals surface area contributed by atoms with Gasteiger partial charge in [0.2, 0.25) is 0 Å². The van der Waals surface area contributed by atoms with Gasteiger partial charge in [0.1, 0.15) is 5.69 Å². The third-order valence-corrected chi connectivity index (χ3v) is 9.53. The number of piperidine rings is 2. The topological polar surface area (TPSA) is 46.8 Å². The van der Waals surface area contributed by atoms with Crippen LogP contribution in [0.5, 0.6) is 0 Å². The molecule has 4 fully saturated rings. The van der Waals surface area contributed by atoms with E-state index < -0.39 is 0 Å². The van der Waals surface area contributed by atoms with Crippen molar-refractivity contribution in [2.24, 2.45) is 11.8 Å². The van der Waals surface area contributed by atoms with Crippen LogP contribution >= 0.6 is 0 Å². The Kier molecular flexibility index (Phi) is 5.41. The van der Waals surface area contributed by atoms with E-state index in [4.69, 9.17) is 4.98 Å². The van der Waals surface area contributed by atoms with E-state index in [0.29, 0.717) is 6.04 Å². The third-order valence-electron chi connectivity index (χ3n) is 9.53. The summed E-state index contributed by atoms with van der Waals surface area (Å²) in [5.74, 6) is 2.98. The zero-order valence-corrected chi connectivity index (χ0v) is 20.2. The van der Waals surface area contributed by atoms with Gasteiger partial charge in [-0.2, -0.15) is 0 Å². The Morgan fingerprint density at radius 2 is 1.47 bits per heavy atom. The normalized spacial score (nSPS) is 34.1. The quantitative estimate of drug-likeness (QED) is 0.458. The number of para-hydroxylation sites is 2. The van der Waals surface area contributed by atoms with Gasteiger partial charge in [-0.1, -0.05) is 44.2 Å². The summed E-state index contributed by atoms with van der Waals surface area (Å²) in [4.78, 5) is 17.1. The highest BCUT2D eigenvalue weighted by Gasteiger charge is 2.45. The number of imidazole rings is 1. The molecule has 5 nitrogen and oxygen atoms in total. The number of rotatable bonds is 3. The molecule has 0 N–H and O–H groups in total. The molecule has 7 rings (SSSR count). The van der Waals surface area contributed by atoms with Gasteiger partial charge in [0.25, 0.3) is 0 Å². The second-order valence-electron chi connectivity index (χ2n) is 11.6. The van der Waals surface area contributed by atoms with Crippen LogP contribution in [-0.4, -0.2) is 42.5 Å². The summed E-state index contributed by atoms with van der Waals surface area (Å²) in [6.45, 7) is 0. The molecule has 0 radical (unpaired) electrons. The maximum absolute atomic E-state index is 5.06. The van der Waals surface area contributed by atoms with Gasteiger partial charge in [-0.05, 0) is 68.9 Å². The van der Waals surface area contributed by atoms with E-state index in [1.165, 1.54) is 82.6 Å². The van der Waals surface area contributed by atoms with Gasteiger partial charge in [0.05, 0.1) is 17.2 Å². The molecule has 2 aliphatic carbocycles. The molecular weight excluding hydrogens is 418 g/mol. The summed E-state index contributed by atoms with van der Waals surface area (Å²) in [5, 5.41) is 0. The Balaban J connectivity index is 1.22. The average molecular weight is 456 g/mol. The second-order valence-corrected chi connectivity index (χ2v) is 11.6. The second kappa shape index (κ2) is 8.75. The van der Waals surface area contributed by atoms with Gasteiger partial charge in [0, 0.05) is 36.6 Å². The smallest absolute Gasteiger partial charge is 0.161 e. The molecule has 6 atom stereocenters. The summed E-state index contributed by atoms with van der Waals surface area (Å²) >= 11 is 0. The van der Waals surface area contributed by atoms with E-state index in [1.807, 2.05) is 6.20 Å². The number of nitrogens with zero attached hydrogens (tertiary/aromatic N) is 5. The van der Waals surface area contributed by atoms with E-state index >= 15 is 0 Å². The van der Waals surface area contributed by atoms with E-state index in [0.717, 1.165) is 47.0 Å². The lowest BCUT2D eigenvalue weighted by Crippen LogP contribution is -2.58. The highest BCUT2D eigenvalue weighted by atomic mass is 15.3. The van der Waals surface area contributed by atoms with Crippen molar-refractivity contribution in [3.05, 3.63) is 42.9 Å². The summed E-state index contributed by atoms with van der Waals surface area (Å²) < 4.78 is 2.53. The molecule has 2 saturated carbocycles. The lowest BCUT2D eigenvalue weighted by atomic mass is 9.73. The fraction of sp³-hybridized carbons (Fsp3) is 0.621. The van der Waals surface area contributed by atoms with Gasteiger partial charge in [-0.25, -0.2) is 9.97 Å². The van der Waals surface area contributed by atoms with E-state index in [1.54, 1.807) is 12.4 Å². The van der Waals surface area contributed by atoms with Crippen molar-refractivity contribution < 1.29 is 0 Å². The summed E-state index contributed by atoms with van der Waals surface area (Å²) in [6, 6.07) is 11.4. The van der Waals surface area contributed by atoms with Crippen LogP contribution in [0, 0.1) is 11.8 Å². The van der Waals surface area contributed by atoms with Crippen LogP contribution in [-0.2, 0) is 0 Å². The third kappa shape index (κ3) is 3.67. The molecule has 0 amide bonds. The summed E-state index contributed by atoms with van der Waals surface area (Å²) in [7, 11) is 0. The zero-order chi connectivity index (χ0) is 22.5. The highest BCUT2D eigenvalue weighted by molar-refractivity contribution is 5.80. The van der Waals surface area contributed by atoms with Crippen LogP contribution in [0.4, 0.5) is 0 Å². The molecule has 2 aliphatic heterocycles. The Bertz CT molecular complexity index is 1110. The lowest BCUT2D eigenvalue weighted by Gasteiger charge is -2.54. The standard InChI is InChI=1S/C29H37N5/c1-2-7-21-14-20(6-1)15-24(16-21)33-22-8-5-9-23(33)18-25(17-22)34-28-11-4-3-10-26(28)32-29(34)27-19-30-12-13-31-27/h3-4,10-13,19-25H,1-2,5-9,14-18H2/t20-,21+,22-,23+,24+,25-. The molecule has 34 heavy (non-hydrogen) atoms. The van der Waals surface area contributed by atoms with Crippen LogP contribution < -0.4 is 0 Å². The molecule has 1 aromatic carbocycles. The van der Waals surface area contributed by atoms with Crippen molar-refractivity contribution in [3.63, 3.8) is 0 Å². The van der Waals surface area contributed by atoms with Crippen molar-refractivity contribution in [1.29, 1.82) is 0 Å².